The highest BCUT2D eigenvalue weighted by molar-refractivity contribution is 6.38. The van der Waals surface area contributed by atoms with Crippen molar-refractivity contribution in [2.75, 3.05) is 28.3 Å². The first-order valence-electron chi connectivity index (χ1n) is 3.97. The Bertz CT molecular complexity index is 144. The molecule has 0 N–H and O–H groups in total. The van der Waals surface area contributed by atoms with Gasteiger partial charge in [-0.15, -0.1) is 0 Å². The van der Waals surface area contributed by atoms with Gasteiger partial charge in [0.05, 0.1) is 0 Å². The Morgan fingerprint density at radius 2 is 1.75 bits per heavy atom. The van der Waals surface area contributed by atoms with Gasteiger partial charge in [0.15, 0.2) is 5.79 Å². The molecule has 0 heterocycles. The third kappa shape index (κ3) is 4.66. The molecule has 0 aliphatic heterocycles. The SMILES string of the molecule is COC(C)(C=C[SiH2]N(C)C)OC. The van der Waals surface area contributed by atoms with E-state index in [9.17, 15) is 0 Å². The molecule has 0 saturated heterocycles. The lowest BCUT2D eigenvalue weighted by Crippen LogP contribution is -2.27. The molecule has 0 aliphatic carbocycles. The summed E-state index contributed by atoms with van der Waals surface area (Å²) in [4.78, 5) is 0. The summed E-state index contributed by atoms with van der Waals surface area (Å²) in [5.41, 5.74) is 2.16. The van der Waals surface area contributed by atoms with E-state index in [-0.39, 0.29) is 9.68 Å². The third-order valence-electron chi connectivity index (χ3n) is 1.70. The molecule has 0 bridgehead atoms. The van der Waals surface area contributed by atoms with E-state index in [0.717, 1.165) is 0 Å². The van der Waals surface area contributed by atoms with Crippen LogP contribution in [-0.2, 0) is 9.47 Å². The van der Waals surface area contributed by atoms with Crippen LogP contribution in [0.15, 0.2) is 11.8 Å². The Hall–Kier alpha value is -0.163. The van der Waals surface area contributed by atoms with Crippen LogP contribution in [0.25, 0.3) is 0 Å². The molecule has 0 radical (unpaired) electrons. The van der Waals surface area contributed by atoms with Crippen molar-refractivity contribution in [3.63, 3.8) is 0 Å². The van der Waals surface area contributed by atoms with Crippen LogP contribution in [0.1, 0.15) is 6.92 Å². The molecule has 4 heteroatoms. The van der Waals surface area contributed by atoms with Gasteiger partial charge in [0.25, 0.3) is 0 Å². The summed E-state index contributed by atoms with van der Waals surface area (Å²) in [5.74, 6) is -0.553. The number of methoxy groups -OCH3 is 2. The normalized spacial score (nSPS) is 14.2. The molecule has 0 amide bonds. The molecule has 0 spiro atoms. The Balaban J connectivity index is 3.93. The minimum absolute atomic E-state index is 0.260. The summed E-state index contributed by atoms with van der Waals surface area (Å²) in [6.45, 7) is 1.90. The van der Waals surface area contributed by atoms with Gasteiger partial charge in [-0.25, -0.2) is 0 Å². The molecule has 0 saturated carbocycles. The fraction of sp³-hybridized carbons (Fsp3) is 0.750. The minimum Gasteiger partial charge on any atom is -0.350 e. The predicted octanol–water partition coefficient (Wildman–Crippen LogP) is 0.154. The highest BCUT2D eigenvalue weighted by Gasteiger charge is 2.17. The van der Waals surface area contributed by atoms with E-state index in [0.29, 0.717) is 0 Å². The average molecular weight is 189 g/mol. The van der Waals surface area contributed by atoms with Gasteiger partial charge in [-0.2, -0.15) is 0 Å². The van der Waals surface area contributed by atoms with Crippen LogP contribution in [0.4, 0.5) is 0 Å². The first kappa shape index (κ1) is 11.8. The van der Waals surface area contributed by atoms with Crippen LogP contribution in [0.5, 0.6) is 0 Å². The molecule has 0 atom stereocenters. The van der Waals surface area contributed by atoms with Gasteiger partial charge in [0.2, 0.25) is 0 Å². The maximum Gasteiger partial charge on any atom is 0.183 e. The summed E-state index contributed by atoms with van der Waals surface area (Å²) in [6, 6.07) is 0. The van der Waals surface area contributed by atoms with Gasteiger partial charge < -0.3 is 14.0 Å². The van der Waals surface area contributed by atoms with Gasteiger partial charge in [-0.1, -0.05) is 5.70 Å². The number of hydrogen-bond donors (Lipinski definition) is 0. The zero-order valence-corrected chi connectivity index (χ0v) is 10.0. The van der Waals surface area contributed by atoms with Crippen molar-refractivity contribution < 1.29 is 9.47 Å². The van der Waals surface area contributed by atoms with Gasteiger partial charge >= 0.3 is 0 Å². The quantitative estimate of drug-likeness (QED) is 0.454. The lowest BCUT2D eigenvalue weighted by Gasteiger charge is -2.22. The van der Waals surface area contributed by atoms with Gasteiger partial charge in [-0.3, -0.25) is 0 Å². The van der Waals surface area contributed by atoms with Crippen molar-refractivity contribution in [2.45, 2.75) is 12.7 Å². The van der Waals surface area contributed by atoms with Gasteiger partial charge in [0, 0.05) is 14.2 Å². The average Bonchev–Trinajstić information content (AvgIpc) is 2.03. The lowest BCUT2D eigenvalue weighted by atomic mass is 10.3. The lowest BCUT2D eigenvalue weighted by molar-refractivity contribution is -0.155. The largest absolute Gasteiger partial charge is 0.350 e. The zero-order chi connectivity index (χ0) is 9.61. The number of rotatable bonds is 5. The second-order valence-electron chi connectivity index (χ2n) is 3.09. The van der Waals surface area contributed by atoms with Crippen LogP contribution >= 0.6 is 0 Å². The Morgan fingerprint density at radius 3 is 2.08 bits per heavy atom. The van der Waals surface area contributed by atoms with Crippen molar-refractivity contribution >= 4 is 9.68 Å². The molecule has 3 nitrogen and oxygen atoms in total. The molecule has 0 aliphatic rings. The molecular weight excluding hydrogens is 170 g/mol. The minimum atomic E-state index is -0.553. The summed E-state index contributed by atoms with van der Waals surface area (Å²) < 4.78 is 12.5. The number of hydrogen-bond acceptors (Lipinski definition) is 3. The molecule has 0 unspecified atom stereocenters. The van der Waals surface area contributed by atoms with E-state index >= 15 is 0 Å². The Labute approximate surface area is 77.2 Å². The van der Waals surface area contributed by atoms with Gasteiger partial charge in [-0.05, 0) is 27.1 Å². The summed E-state index contributed by atoms with van der Waals surface area (Å²) in [5, 5.41) is 0. The molecule has 0 aromatic heterocycles. The fourth-order valence-corrected chi connectivity index (χ4v) is 1.65. The van der Waals surface area contributed by atoms with E-state index in [2.05, 4.69) is 24.4 Å². The van der Waals surface area contributed by atoms with E-state index in [1.165, 1.54) is 0 Å². The van der Waals surface area contributed by atoms with Crippen LogP contribution in [0.2, 0.25) is 0 Å². The standard InChI is InChI=1S/C8H19NO2Si/c1-8(10-4,11-5)6-7-12-9(2)3/h6-7H,12H2,1-5H3. The second-order valence-corrected chi connectivity index (χ2v) is 5.19. The number of ether oxygens (including phenoxy) is 2. The van der Waals surface area contributed by atoms with E-state index in [1.807, 2.05) is 13.0 Å². The van der Waals surface area contributed by atoms with E-state index in [4.69, 9.17) is 9.47 Å². The zero-order valence-electron chi connectivity index (χ0n) is 8.63. The Kier molecular flexibility index (Phi) is 5.40. The maximum absolute atomic E-state index is 5.16. The van der Waals surface area contributed by atoms with Crippen molar-refractivity contribution in [1.29, 1.82) is 0 Å². The van der Waals surface area contributed by atoms with Crippen molar-refractivity contribution in [2.24, 2.45) is 0 Å². The molecule has 0 fully saturated rings. The smallest absolute Gasteiger partial charge is 0.183 e. The van der Waals surface area contributed by atoms with Crippen LogP contribution in [0.3, 0.4) is 0 Å². The summed E-state index contributed by atoms with van der Waals surface area (Å²) in [7, 11) is 7.18. The second kappa shape index (κ2) is 5.48. The third-order valence-corrected chi connectivity index (χ3v) is 2.88. The first-order valence-corrected chi connectivity index (χ1v) is 5.41. The van der Waals surface area contributed by atoms with Crippen LogP contribution < -0.4 is 0 Å². The monoisotopic (exact) mass is 189 g/mol. The van der Waals surface area contributed by atoms with Crippen molar-refractivity contribution in [1.82, 2.24) is 4.57 Å². The van der Waals surface area contributed by atoms with Gasteiger partial charge in [0.1, 0.15) is 9.68 Å². The summed E-state index contributed by atoms with van der Waals surface area (Å²) >= 11 is 0. The molecule has 72 valence electrons. The maximum atomic E-state index is 5.16. The first-order chi connectivity index (χ1) is 5.54. The molecule has 12 heavy (non-hydrogen) atoms. The molecular formula is C8H19NO2Si. The molecule has 0 rings (SSSR count). The van der Waals surface area contributed by atoms with Crippen LogP contribution in [0, 0.1) is 0 Å². The highest BCUT2D eigenvalue weighted by atomic mass is 28.2. The summed E-state index contributed by atoms with van der Waals surface area (Å²) in [6.07, 6.45) is 1.97. The fourth-order valence-electron chi connectivity index (χ4n) is 0.697. The van der Waals surface area contributed by atoms with E-state index < -0.39 is 5.79 Å². The topological polar surface area (TPSA) is 21.7 Å². The number of nitrogens with zero attached hydrogens (tertiary/aromatic N) is 1. The van der Waals surface area contributed by atoms with Crippen LogP contribution in [-0.4, -0.2) is 48.3 Å². The van der Waals surface area contributed by atoms with Crippen molar-refractivity contribution in [3.8, 4) is 0 Å². The molecule has 0 aromatic rings. The molecule has 0 aromatic carbocycles. The van der Waals surface area contributed by atoms with Crippen molar-refractivity contribution in [3.05, 3.63) is 11.8 Å². The highest BCUT2D eigenvalue weighted by Crippen LogP contribution is 2.10. The Morgan fingerprint density at radius 1 is 1.25 bits per heavy atom. The van der Waals surface area contributed by atoms with E-state index in [1.54, 1.807) is 14.2 Å². The predicted molar refractivity (Wildman–Crippen MR) is 53.8 cm³/mol.